The minimum atomic E-state index is -0.309. The summed E-state index contributed by atoms with van der Waals surface area (Å²) in [7, 11) is 0. The van der Waals surface area contributed by atoms with Crippen LogP contribution >= 0.6 is 15.9 Å². The van der Waals surface area contributed by atoms with E-state index in [1.807, 2.05) is 25.5 Å². The second-order valence-electron chi connectivity index (χ2n) is 5.52. The lowest BCUT2D eigenvalue weighted by atomic mass is 10.1. The number of carbonyl (C=O) groups is 1. The quantitative estimate of drug-likeness (QED) is 0.887. The smallest absolute Gasteiger partial charge is 0.229 e. The van der Waals surface area contributed by atoms with E-state index in [9.17, 15) is 9.18 Å². The molecule has 1 N–H and O–H groups in total. The van der Waals surface area contributed by atoms with Crippen molar-refractivity contribution in [3.05, 3.63) is 45.4 Å². The van der Waals surface area contributed by atoms with Crippen molar-refractivity contribution < 1.29 is 9.18 Å². The number of benzene rings is 1. The van der Waals surface area contributed by atoms with Gasteiger partial charge in [-0.3, -0.25) is 9.48 Å². The SMILES string of the molecule is Cc1cc(F)ccc1NC(=O)[C@@H](C)Cn1nc(C)c(Br)c1C. The average Bonchev–Trinajstić information content (AvgIpc) is 2.69. The molecule has 2 aromatic rings. The first kappa shape index (κ1) is 16.7. The molecule has 1 heterocycles. The highest BCUT2D eigenvalue weighted by molar-refractivity contribution is 9.10. The van der Waals surface area contributed by atoms with Crippen LogP contribution in [0.1, 0.15) is 23.9 Å². The van der Waals surface area contributed by atoms with Gasteiger partial charge in [0, 0.05) is 11.4 Å². The van der Waals surface area contributed by atoms with Gasteiger partial charge in [-0.25, -0.2) is 4.39 Å². The standard InChI is InChI=1S/C16H19BrFN3O/c1-9-7-13(18)5-6-14(9)19-16(22)10(2)8-21-12(4)15(17)11(3)20-21/h5-7,10H,8H2,1-4H3,(H,19,22)/t10-/m0/s1. The highest BCUT2D eigenvalue weighted by atomic mass is 79.9. The number of nitrogens with one attached hydrogen (secondary N) is 1. The maximum atomic E-state index is 13.1. The number of hydrogen-bond acceptors (Lipinski definition) is 2. The molecule has 22 heavy (non-hydrogen) atoms. The second-order valence-corrected chi connectivity index (χ2v) is 6.31. The van der Waals surface area contributed by atoms with E-state index < -0.39 is 0 Å². The Balaban J connectivity index is 2.07. The number of hydrogen-bond donors (Lipinski definition) is 1. The second kappa shape index (κ2) is 6.60. The molecule has 118 valence electrons. The summed E-state index contributed by atoms with van der Waals surface area (Å²) >= 11 is 3.48. The van der Waals surface area contributed by atoms with Crippen LogP contribution in [0.15, 0.2) is 22.7 Å². The molecule has 4 nitrogen and oxygen atoms in total. The van der Waals surface area contributed by atoms with Crippen LogP contribution in [-0.2, 0) is 11.3 Å². The van der Waals surface area contributed by atoms with Gasteiger partial charge in [0.2, 0.25) is 5.91 Å². The Labute approximate surface area is 137 Å². The van der Waals surface area contributed by atoms with Crippen molar-refractivity contribution in [2.45, 2.75) is 34.2 Å². The van der Waals surface area contributed by atoms with Gasteiger partial charge in [0.15, 0.2) is 0 Å². The summed E-state index contributed by atoms with van der Waals surface area (Å²) in [4.78, 5) is 12.3. The van der Waals surface area contributed by atoms with Crippen LogP contribution in [0.3, 0.4) is 0 Å². The molecule has 0 fully saturated rings. The van der Waals surface area contributed by atoms with Gasteiger partial charge in [0.05, 0.1) is 22.6 Å². The van der Waals surface area contributed by atoms with Crippen molar-refractivity contribution in [3.8, 4) is 0 Å². The molecule has 0 saturated heterocycles. The number of anilines is 1. The van der Waals surface area contributed by atoms with Crippen molar-refractivity contribution in [1.29, 1.82) is 0 Å². The van der Waals surface area contributed by atoms with Crippen LogP contribution in [0.2, 0.25) is 0 Å². The van der Waals surface area contributed by atoms with Crippen molar-refractivity contribution in [2.75, 3.05) is 5.32 Å². The summed E-state index contributed by atoms with van der Waals surface area (Å²) in [5.41, 5.74) is 3.23. The van der Waals surface area contributed by atoms with Crippen LogP contribution in [0.25, 0.3) is 0 Å². The van der Waals surface area contributed by atoms with Crippen LogP contribution in [-0.4, -0.2) is 15.7 Å². The Kier molecular flexibility index (Phi) is 5.01. The van der Waals surface area contributed by atoms with Gasteiger partial charge >= 0.3 is 0 Å². The number of aryl methyl sites for hydroxylation is 2. The van der Waals surface area contributed by atoms with Gasteiger partial charge in [-0.05, 0) is 60.5 Å². The third kappa shape index (κ3) is 3.55. The van der Waals surface area contributed by atoms with Crippen molar-refractivity contribution in [2.24, 2.45) is 5.92 Å². The fraction of sp³-hybridized carbons (Fsp3) is 0.375. The van der Waals surface area contributed by atoms with Crippen molar-refractivity contribution >= 4 is 27.5 Å². The minimum Gasteiger partial charge on any atom is -0.326 e. The van der Waals surface area contributed by atoms with E-state index in [2.05, 4.69) is 26.3 Å². The maximum absolute atomic E-state index is 13.1. The molecule has 0 aliphatic carbocycles. The molecule has 0 bridgehead atoms. The van der Waals surface area contributed by atoms with Gasteiger partial charge < -0.3 is 5.32 Å². The molecule has 0 aliphatic rings. The summed E-state index contributed by atoms with van der Waals surface area (Å²) in [6.07, 6.45) is 0. The fourth-order valence-corrected chi connectivity index (χ4v) is 2.50. The number of aromatic nitrogens is 2. The molecule has 1 aromatic heterocycles. The Morgan fingerprint density at radius 1 is 1.41 bits per heavy atom. The van der Waals surface area contributed by atoms with Gasteiger partial charge in [-0.2, -0.15) is 5.10 Å². The Morgan fingerprint density at radius 2 is 2.09 bits per heavy atom. The first-order valence-corrected chi connectivity index (χ1v) is 7.85. The number of halogens is 2. The Bertz CT molecular complexity index is 712. The fourth-order valence-electron chi connectivity index (χ4n) is 2.22. The molecular weight excluding hydrogens is 349 g/mol. The molecule has 1 amide bonds. The molecule has 6 heteroatoms. The van der Waals surface area contributed by atoms with E-state index in [1.54, 1.807) is 13.0 Å². The zero-order valence-corrected chi connectivity index (χ0v) is 14.7. The maximum Gasteiger partial charge on any atom is 0.229 e. The van der Waals surface area contributed by atoms with Crippen LogP contribution in [0.4, 0.5) is 10.1 Å². The van der Waals surface area contributed by atoms with E-state index in [0.29, 0.717) is 17.8 Å². The molecule has 0 unspecified atom stereocenters. The summed E-state index contributed by atoms with van der Waals surface area (Å²) < 4.78 is 15.9. The predicted molar refractivity (Wildman–Crippen MR) is 88.3 cm³/mol. The lowest BCUT2D eigenvalue weighted by molar-refractivity contribution is -0.119. The van der Waals surface area contributed by atoms with Crippen LogP contribution in [0, 0.1) is 32.5 Å². The third-order valence-corrected chi connectivity index (χ3v) is 4.78. The normalized spacial score (nSPS) is 12.3. The number of carbonyl (C=O) groups excluding carboxylic acids is 1. The first-order valence-electron chi connectivity index (χ1n) is 7.06. The zero-order valence-electron chi connectivity index (χ0n) is 13.1. The highest BCUT2D eigenvalue weighted by Gasteiger charge is 2.18. The van der Waals surface area contributed by atoms with Gasteiger partial charge in [-0.15, -0.1) is 0 Å². The average molecular weight is 368 g/mol. The molecule has 1 aromatic carbocycles. The molecule has 2 rings (SSSR count). The zero-order chi connectivity index (χ0) is 16.4. The number of nitrogens with zero attached hydrogens (tertiary/aromatic N) is 2. The van der Waals surface area contributed by atoms with Crippen molar-refractivity contribution in [3.63, 3.8) is 0 Å². The van der Waals surface area contributed by atoms with Crippen molar-refractivity contribution in [1.82, 2.24) is 9.78 Å². The van der Waals surface area contributed by atoms with Gasteiger partial charge in [0.1, 0.15) is 5.82 Å². The monoisotopic (exact) mass is 367 g/mol. The molecule has 0 spiro atoms. The Morgan fingerprint density at radius 3 is 2.64 bits per heavy atom. The molecule has 1 atom stereocenters. The summed E-state index contributed by atoms with van der Waals surface area (Å²) in [6.45, 7) is 7.98. The summed E-state index contributed by atoms with van der Waals surface area (Å²) in [5, 5.41) is 7.25. The number of rotatable bonds is 4. The third-order valence-electron chi connectivity index (χ3n) is 3.63. The van der Waals surface area contributed by atoms with E-state index in [-0.39, 0.29) is 17.6 Å². The summed E-state index contributed by atoms with van der Waals surface area (Å²) in [6, 6.07) is 4.32. The molecular formula is C16H19BrFN3O. The van der Waals surface area contributed by atoms with E-state index in [0.717, 1.165) is 15.9 Å². The first-order chi connectivity index (χ1) is 10.3. The largest absolute Gasteiger partial charge is 0.326 e. The molecule has 0 saturated carbocycles. The lowest BCUT2D eigenvalue weighted by Gasteiger charge is -2.14. The van der Waals surface area contributed by atoms with Gasteiger partial charge in [0.25, 0.3) is 0 Å². The minimum absolute atomic E-state index is 0.113. The van der Waals surface area contributed by atoms with Crippen LogP contribution < -0.4 is 5.32 Å². The van der Waals surface area contributed by atoms with Crippen LogP contribution in [0.5, 0.6) is 0 Å². The van der Waals surface area contributed by atoms with E-state index in [4.69, 9.17) is 0 Å². The van der Waals surface area contributed by atoms with E-state index in [1.165, 1.54) is 12.1 Å². The number of amides is 1. The Hall–Kier alpha value is -1.69. The van der Waals surface area contributed by atoms with Gasteiger partial charge in [-0.1, -0.05) is 6.92 Å². The highest BCUT2D eigenvalue weighted by Crippen LogP contribution is 2.21. The predicted octanol–water partition coefficient (Wildman–Crippen LogP) is 3.98. The molecule has 0 aliphatic heterocycles. The molecule has 0 radical (unpaired) electrons. The summed E-state index contributed by atoms with van der Waals surface area (Å²) in [5.74, 6) is -0.677. The lowest BCUT2D eigenvalue weighted by Crippen LogP contribution is -2.25. The van der Waals surface area contributed by atoms with E-state index >= 15 is 0 Å². The topological polar surface area (TPSA) is 46.9 Å².